The Kier molecular flexibility index (Phi) is 14.6. The molecule has 3 heteroatoms. The van der Waals surface area contributed by atoms with Gasteiger partial charge in [-0.05, 0) is 85.1 Å². The molecule has 42 heavy (non-hydrogen) atoms. The molecular formula is C39H57NO2. The molecule has 0 radical (unpaired) electrons. The summed E-state index contributed by atoms with van der Waals surface area (Å²) < 4.78 is 5.56. The normalized spacial score (nSPS) is 19.4. The van der Waals surface area contributed by atoms with Crippen molar-refractivity contribution in [2.75, 3.05) is 6.61 Å². The van der Waals surface area contributed by atoms with Crippen molar-refractivity contribution in [2.24, 2.45) is 17.3 Å². The average Bonchev–Trinajstić information content (AvgIpc) is 3.01. The fourth-order valence-corrected chi connectivity index (χ4v) is 6.54. The predicted octanol–water partition coefficient (Wildman–Crippen LogP) is 11.7. The molecule has 0 N–H and O–H groups in total. The first-order chi connectivity index (χ1) is 20.4. The second kappa shape index (κ2) is 18.1. The van der Waals surface area contributed by atoms with Crippen LogP contribution >= 0.6 is 0 Å². The molecule has 0 saturated heterocycles. The first-order valence-corrected chi connectivity index (χ1v) is 17.1. The minimum absolute atomic E-state index is 0.103. The first kappa shape index (κ1) is 33.9. The molecule has 0 amide bonds. The second-order valence-electron chi connectivity index (χ2n) is 13.6. The molecule has 0 aromatic heterocycles. The van der Waals surface area contributed by atoms with Gasteiger partial charge in [0.15, 0.2) is 0 Å². The highest BCUT2D eigenvalue weighted by molar-refractivity contribution is 5.90. The van der Waals surface area contributed by atoms with E-state index in [1.54, 1.807) is 0 Å². The molecule has 2 aromatic rings. The van der Waals surface area contributed by atoms with E-state index in [4.69, 9.17) is 4.74 Å². The van der Waals surface area contributed by atoms with Crippen molar-refractivity contribution >= 4 is 5.97 Å². The van der Waals surface area contributed by atoms with Gasteiger partial charge in [0.25, 0.3) is 0 Å². The van der Waals surface area contributed by atoms with Gasteiger partial charge >= 0.3 is 5.97 Å². The van der Waals surface area contributed by atoms with E-state index >= 15 is 0 Å². The number of nitriles is 1. The maximum absolute atomic E-state index is 12.5. The van der Waals surface area contributed by atoms with Crippen LogP contribution in [0.3, 0.4) is 0 Å². The molecule has 1 saturated carbocycles. The zero-order valence-electron chi connectivity index (χ0n) is 27.1. The van der Waals surface area contributed by atoms with E-state index in [1.165, 1.54) is 69.8 Å². The van der Waals surface area contributed by atoms with E-state index < -0.39 is 0 Å². The van der Waals surface area contributed by atoms with Gasteiger partial charge in [-0.3, -0.25) is 0 Å². The van der Waals surface area contributed by atoms with Crippen molar-refractivity contribution in [3.8, 4) is 17.2 Å². The number of ether oxygens (including phenoxy) is 1. The van der Waals surface area contributed by atoms with Crippen molar-refractivity contribution in [1.29, 1.82) is 5.26 Å². The standard InChI is InChI=1S/C39H57NO2/c1-5-6-7-8-9-10-11-26-39(30-40)27-23-36(24-28-39)35-17-15-33(16-18-35)34-19-21-37(22-20-34)38(41)42-29-25-32(4)14-12-13-31(2)3/h15-22,31-32,36H,5-14,23-29H2,1-4H3/t32-,36?,39?/m1/s1. The van der Waals surface area contributed by atoms with Crippen molar-refractivity contribution in [3.63, 3.8) is 0 Å². The molecular weight excluding hydrogens is 514 g/mol. The molecule has 0 bridgehead atoms. The predicted molar refractivity (Wildman–Crippen MR) is 176 cm³/mol. The van der Waals surface area contributed by atoms with Crippen molar-refractivity contribution in [2.45, 2.75) is 136 Å². The molecule has 2 aromatic carbocycles. The number of carbonyl (C=O) groups excluding carboxylic acids is 1. The molecule has 1 aliphatic carbocycles. The van der Waals surface area contributed by atoms with Gasteiger partial charge in [-0.25, -0.2) is 4.79 Å². The number of hydrogen-bond donors (Lipinski definition) is 0. The second-order valence-corrected chi connectivity index (χ2v) is 13.6. The third-order valence-corrected chi connectivity index (χ3v) is 9.60. The molecule has 1 fully saturated rings. The number of hydrogen-bond acceptors (Lipinski definition) is 3. The zero-order chi connectivity index (χ0) is 30.2. The van der Waals surface area contributed by atoms with Gasteiger partial charge in [-0.1, -0.05) is 128 Å². The van der Waals surface area contributed by atoms with Crippen LogP contribution in [-0.4, -0.2) is 12.6 Å². The lowest BCUT2D eigenvalue weighted by atomic mass is 9.67. The number of rotatable bonds is 18. The smallest absolute Gasteiger partial charge is 0.338 e. The molecule has 1 aliphatic rings. The summed E-state index contributed by atoms with van der Waals surface area (Å²) in [5.74, 6) is 1.65. The van der Waals surface area contributed by atoms with E-state index in [2.05, 4.69) is 58.0 Å². The number of unbranched alkanes of at least 4 members (excludes halogenated alkanes) is 6. The van der Waals surface area contributed by atoms with E-state index in [9.17, 15) is 10.1 Å². The van der Waals surface area contributed by atoms with Crippen LogP contribution < -0.4 is 0 Å². The lowest BCUT2D eigenvalue weighted by Crippen LogP contribution is -2.25. The number of esters is 1. The Hall–Kier alpha value is -2.60. The lowest BCUT2D eigenvalue weighted by Gasteiger charge is -2.35. The van der Waals surface area contributed by atoms with Gasteiger partial charge in [-0.15, -0.1) is 0 Å². The minimum Gasteiger partial charge on any atom is -0.462 e. The lowest BCUT2D eigenvalue weighted by molar-refractivity contribution is 0.0483. The molecule has 1 atom stereocenters. The number of nitrogens with zero attached hydrogens (tertiary/aromatic N) is 1. The Morgan fingerprint density at radius 3 is 2.02 bits per heavy atom. The van der Waals surface area contributed by atoms with Gasteiger partial charge in [-0.2, -0.15) is 5.26 Å². The Bertz CT molecular complexity index is 1070. The van der Waals surface area contributed by atoms with E-state index in [0.717, 1.165) is 55.6 Å². The quantitative estimate of drug-likeness (QED) is 0.132. The van der Waals surface area contributed by atoms with Crippen LogP contribution in [0.5, 0.6) is 0 Å². The SMILES string of the molecule is CCCCCCCCCC1(C#N)CCC(c2ccc(-c3ccc(C(=O)OCC[C@H](C)CCCC(C)C)cc3)cc2)CC1. The van der Waals surface area contributed by atoms with Crippen LogP contribution in [0.4, 0.5) is 0 Å². The Morgan fingerprint density at radius 1 is 0.833 bits per heavy atom. The molecule has 0 spiro atoms. The van der Waals surface area contributed by atoms with Crippen molar-refractivity contribution in [3.05, 3.63) is 59.7 Å². The van der Waals surface area contributed by atoms with Gasteiger partial charge in [0, 0.05) is 0 Å². The monoisotopic (exact) mass is 571 g/mol. The summed E-state index contributed by atoms with van der Waals surface area (Å²) in [7, 11) is 0. The highest BCUT2D eigenvalue weighted by Crippen LogP contribution is 2.46. The molecule has 0 unspecified atom stereocenters. The summed E-state index contributed by atoms with van der Waals surface area (Å²) in [5.41, 5.74) is 4.17. The topological polar surface area (TPSA) is 50.1 Å². The average molecular weight is 572 g/mol. The van der Waals surface area contributed by atoms with Gasteiger partial charge in [0.05, 0.1) is 23.7 Å². The fraction of sp³-hybridized carbons (Fsp3) is 0.641. The van der Waals surface area contributed by atoms with Gasteiger partial charge < -0.3 is 4.74 Å². The highest BCUT2D eigenvalue weighted by Gasteiger charge is 2.35. The van der Waals surface area contributed by atoms with E-state index in [1.807, 2.05) is 24.3 Å². The molecule has 3 nitrogen and oxygen atoms in total. The molecule has 3 rings (SSSR count). The largest absolute Gasteiger partial charge is 0.462 e. The zero-order valence-corrected chi connectivity index (χ0v) is 27.1. The highest BCUT2D eigenvalue weighted by atomic mass is 16.5. The molecule has 0 aliphatic heterocycles. The summed E-state index contributed by atoms with van der Waals surface area (Å²) in [5, 5.41) is 10.0. The van der Waals surface area contributed by atoms with Crippen molar-refractivity contribution in [1.82, 2.24) is 0 Å². The summed E-state index contributed by atoms with van der Waals surface area (Å²) >= 11 is 0. The van der Waals surface area contributed by atoms with Gasteiger partial charge in [0.2, 0.25) is 0 Å². The maximum Gasteiger partial charge on any atom is 0.338 e. The van der Waals surface area contributed by atoms with Crippen molar-refractivity contribution < 1.29 is 9.53 Å². The Morgan fingerprint density at radius 2 is 1.43 bits per heavy atom. The van der Waals surface area contributed by atoms with Crippen LogP contribution in [0.25, 0.3) is 11.1 Å². The molecule has 0 heterocycles. The molecule has 230 valence electrons. The summed E-state index contributed by atoms with van der Waals surface area (Å²) in [4.78, 5) is 12.5. The fourth-order valence-electron chi connectivity index (χ4n) is 6.54. The number of benzene rings is 2. The first-order valence-electron chi connectivity index (χ1n) is 17.1. The van der Waals surface area contributed by atoms with E-state index in [-0.39, 0.29) is 11.4 Å². The summed E-state index contributed by atoms with van der Waals surface area (Å²) in [6.07, 6.45) is 19.1. The summed E-state index contributed by atoms with van der Waals surface area (Å²) in [6, 6.07) is 19.5. The minimum atomic E-state index is -0.232. The van der Waals surface area contributed by atoms with Crippen LogP contribution in [0.2, 0.25) is 0 Å². The van der Waals surface area contributed by atoms with Crippen LogP contribution in [-0.2, 0) is 4.74 Å². The Labute approximate surface area is 257 Å². The van der Waals surface area contributed by atoms with E-state index in [0.29, 0.717) is 24.0 Å². The van der Waals surface area contributed by atoms with Crippen LogP contribution in [0, 0.1) is 28.6 Å². The maximum atomic E-state index is 12.5. The van der Waals surface area contributed by atoms with Crippen LogP contribution in [0.1, 0.15) is 152 Å². The summed E-state index contributed by atoms with van der Waals surface area (Å²) in [6.45, 7) is 9.53. The third-order valence-electron chi connectivity index (χ3n) is 9.60. The third kappa shape index (κ3) is 11.2. The number of carbonyl (C=O) groups is 1. The van der Waals surface area contributed by atoms with Crippen LogP contribution in [0.15, 0.2) is 48.5 Å². The van der Waals surface area contributed by atoms with Gasteiger partial charge in [0.1, 0.15) is 0 Å². The Balaban J connectivity index is 1.42.